The molecule has 0 fully saturated rings. The second-order valence-corrected chi connectivity index (χ2v) is 5.65. The normalized spacial score (nSPS) is 11.3. The van der Waals surface area contributed by atoms with E-state index in [0.717, 1.165) is 11.1 Å². The van der Waals surface area contributed by atoms with Gasteiger partial charge in [-0.3, -0.25) is 0 Å². The summed E-state index contributed by atoms with van der Waals surface area (Å²) in [4.78, 5) is 4.33. The molecule has 0 unspecified atom stereocenters. The molecule has 0 atom stereocenters. The van der Waals surface area contributed by atoms with E-state index < -0.39 is 0 Å². The number of methoxy groups -OCH3 is 3. The summed E-state index contributed by atoms with van der Waals surface area (Å²) in [5.74, 6) is 1.70. The first-order valence-electron chi connectivity index (χ1n) is 8.04. The Morgan fingerprint density at radius 3 is 2.15 bits per heavy atom. The van der Waals surface area contributed by atoms with Crippen LogP contribution < -0.4 is 14.2 Å². The Hall–Kier alpha value is -3.55. The Kier molecular flexibility index (Phi) is 5.25. The van der Waals surface area contributed by atoms with E-state index >= 15 is 0 Å². The van der Waals surface area contributed by atoms with Gasteiger partial charge in [-0.25, -0.2) is 0 Å². The number of hydrogen-bond acceptors (Lipinski definition) is 8. The molecule has 0 radical (unpaired) electrons. The predicted octanol–water partition coefficient (Wildman–Crippen LogP) is 3.30. The number of aryl methyl sites for hydroxylation is 1. The molecule has 8 nitrogen and oxygen atoms in total. The van der Waals surface area contributed by atoms with E-state index in [1.165, 1.54) is 21.3 Å². The zero-order valence-corrected chi connectivity index (χ0v) is 15.4. The van der Waals surface area contributed by atoms with Crippen molar-refractivity contribution in [3.63, 3.8) is 0 Å². The fourth-order valence-corrected chi connectivity index (χ4v) is 2.58. The van der Waals surface area contributed by atoms with Gasteiger partial charge in [0, 0.05) is 11.1 Å². The molecule has 0 bridgehead atoms. The molecule has 1 N–H and O–H groups in total. The molecular weight excluding hydrogens is 350 g/mol. The van der Waals surface area contributed by atoms with Gasteiger partial charge in [-0.1, -0.05) is 28.0 Å². The molecule has 0 spiro atoms. The average Bonchev–Trinajstić information content (AvgIpc) is 3.18. The van der Waals surface area contributed by atoms with Crippen molar-refractivity contribution in [2.45, 2.75) is 6.92 Å². The van der Waals surface area contributed by atoms with Gasteiger partial charge in [0.05, 0.1) is 21.3 Å². The van der Waals surface area contributed by atoms with Gasteiger partial charge >= 0.3 is 0 Å². The van der Waals surface area contributed by atoms with E-state index in [4.69, 9.17) is 18.7 Å². The van der Waals surface area contributed by atoms with Gasteiger partial charge in [-0.15, -0.1) is 0 Å². The molecule has 0 amide bonds. The van der Waals surface area contributed by atoms with Gasteiger partial charge in [0.15, 0.2) is 17.2 Å². The molecule has 2 aromatic carbocycles. The third kappa shape index (κ3) is 3.55. The van der Waals surface area contributed by atoms with Crippen molar-refractivity contribution in [1.29, 1.82) is 0 Å². The van der Waals surface area contributed by atoms with Gasteiger partial charge in [0.1, 0.15) is 0 Å². The van der Waals surface area contributed by atoms with Crippen molar-refractivity contribution >= 4 is 5.71 Å². The number of nitrogens with zero attached hydrogens (tertiary/aromatic N) is 3. The predicted molar refractivity (Wildman–Crippen MR) is 98.0 cm³/mol. The van der Waals surface area contributed by atoms with Crippen molar-refractivity contribution in [1.82, 2.24) is 10.1 Å². The highest BCUT2D eigenvalue weighted by Gasteiger charge is 2.21. The maximum Gasteiger partial charge on any atom is 0.258 e. The SMILES string of the molecule is COc1cc(/C(=N/O)c2noc(-c3ccc(C)cc3)n2)cc(OC)c1OC. The molecule has 0 aliphatic rings. The summed E-state index contributed by atoms with van der Waals surface area (Å²) in [6.45, 7) is 1.99. The van der Waals surface area contributed by atoms with Crippen molar-refractivity contribution in [2.75, 3.05) is 21.3 Å². The van der Waals surface area contributed by atoms with Crippen LogP contribution in [0.25, 0.3) is 11.5 Å². The molecule has 1 heterocycles. The maximum absolute atomic E-state index is 9.56. The topological polar surface area (TPSA) is 99.2 Å². The molecule has 0 aliphatic heterocycles. The molecule has 1 aromatic heterocycles. The molecule has 0 aliphatic carbocycles. The summed E-state index contributed by atoms with van der Waals surface area (Å²) in [5.41, 5.74) is 2.47. The van der Waals surface area contributed by atoms with Crippen LogP contribution in [0, 0.1) is 6.92 Å². The number of benzene rings is 2. The molecule has 3 aromatic rings. The largest absolute Gasteiger partial charge is 0.493 e. The van der Waals surface area contributed by atoms with Crippen LogP contribution in [0.2, 0.25) is 0 Å². The molecular formula is C19H19N3O5. The van der Waals surface area contributed by atoms with Crippen molar-refractivity contribution in [3.05, 3.63) is 53.3 Å². The van der Waals surface area contributed by atoms with Gasteiger partial charge in [-0.05, 0) is 31.2 Å². The van der Waals surface area contributed by atoms with E-state index in [1.807, 2.05) is 31.2 Å². The first-order valence-corrected chi connectivity index (χ1v) is 8.04. The molecule has 27 heavy (non-hydrogen) atoms. The Morgan fingerprint density at radius 2 is 1.63 bits per heavy atom. The molecule has 140 valence electrons. The Morgan fingerprint density at radius 1 is 1.00 bits per heavy atom. The Balaban J connectivity index is 2.02. The summed E-state index contributed by atoms with van der Waals surface area (Å²) >= 11 is 0. The van der Waals surface area contributed by atoms with Crippen LogP contribution in [0.4, 0.5) is 0 Å². The van der Waals surface area contributed by atoms with Crippen LogP contribution in [0.1, 0.15) is 17.0 Å². The quantitative estimate of drug-likeness (QED) is 0.404. The standard InChI is InChI=1S/C19H19N3O5/c1-11-5-7-12(8-6-11)19-20-18(22-27-19)16(21-23)13-9-14(24-2)17(26-4)15(10-13)25-3/h5-10,23H,1-4H3/b21-16-. The first-order chi connectivity index (χ1) is 13.1. The summed E-state index contributed by atoms with van der Waals surface area (Å²) in [6.07, 6.45) is 0. The van der Waals surface area contributed by atoms with Crippen molar-refractivity contribution < 1.29 is 23.9 Å². The number of rotatable bonds is 6. The molecule has 3 rings (SSSR count). The lowest BCUT2D eigenvalue weighted by atomic mass is 10.1. The van der Waals surface area contributed by atoms with E-state index in [2.05, 4.69) is 15.3 Å². The summed E-state index contributed by atoms with van der Waals surface area (Å²) < 4.78 is 21.3. The highest BCUT2D eigenvalue weighted by atomic mass is 16.5. The number of ether oxygens (including phenoxy) is 3. The fourth-order valence-electron chi connectivity index (χ4n) is 2.58. The van der Waals surface area contributed by atoms with Gasteiger partial charge in [0.25, 0.3) is 5.89 Å². The smallest absolute Gasteiger partial charge is 0.258 e. The summed E-state index contributed by atoms with van der Waals surface area (Å²) in [7, 11) is 4.51. The van der Waals surface area contributed by atoms with Crippen LogP contribution in [-0.4, -0.2) is 42.4 Å². The minimum absolute atomic E-state index is 0.108. The van der Waals surface area contributed by atoms with Crippen LogP contribution in [0.3, 0.4) is 0 Å². The Bertz CT molecular complexity index is 939. The van der Waals surface area contributed by atoms with Crippen molar-refractivity contribution in [2.24, 2.45) is 5.16 Å². The third-order valence-corrected chi connectivity index (χ3v) is 3.97. The molecule has 0 saturated heterocycles. The highest BCUT2D eigenvalue weighted by molar-refractivity contribution is 6.11. The lowest BCUT2D eigenvalue weighted by Crippen LogP contribution is -2.07. The van der Waals surface area contributed by atoms with Gasteiger partial charge in [0.2, 0.25) is 11.6 Å². The average molecular weight is 369 g/mol. The Labute approximate surface area is 156 Å². The van der Waals surface area contributed by atoms with Gasteiger partial charge in [-0.2, -0.15) is 4.98 Å². The highest BCUT2D eigenvalue weighted by Crippen LogP contribution is 2.38. The number of hydrogen-bond donors (Lipinski definition) is 1. The lowest BCUT2D eigenvalue weighted by Gasteiger charge is -2.13. The number of oxime groups is 1. The number of aromatic nitrogens is 2. The van der Waals surface area contributed by atoms with E-state index in [9.17, 15) is 5.21 Å². The second kappa shape index (κ2) is 7.77. The van der Waals surface area contributed by atoms with Crippen molar-refractivity contribution in [3.8, 4) is 28.7 Å². The minimum atomic E-state index is 0.108. The fraction of sp³-hybridized carbons (Fsp3) is 0.211. The third-order valence-electron chi connectivity index (χ3n) is 3.97. The molecule has 8 heteroatoms. The maximum atomic E-state index is 9.56. The lowest BCUT2D eigenvalue weighted by molar-refractivity contribution is 0.318. The zero-order valence-electron chi connectivity index (χ0n) is 15.4. The second-order valence-electron chi connectivity index (χ2n) is 5.65. The van der Waals surface area contributed by atoms with E-state index in [0.29, 0.717) is 28.7 Å². The zero-order chi connectivity index (χ0) is 19.4. The van der Waals surface area contributed by atoms with Crippen LogP contribution in [0.5, 0.6) is 17.2 Å². The summed E-state index contributed by atoms with van der Waals surface area (Å²) in [6, 6.07) is 10.9. The van der Waals surface area contributed by atoms with E-state index in [-0.39, 0.29) is 11.5 Å². The first kappa shape index (κ1) is 18.2. The monoisotopic (exact) mass is 369 g/mol. The summed E-state index contributed by atoms with van der Waals surface area (Å²) in [5, 5.41) is 16.8. The van der Waals surface area contributed by atoms with Crippen LogP contribution in [0.15, 0.2) is 46.1 Å². The van der Waals surface area contributed by atoms with E-state index in [1.54, 1.807) is 12.1 Å². The van der Waals surface area contributed by atoms with Crippen LogP contribution in [-0.2, 0) is 0 Å². The molecule has 0 saturated carbocycles. The van der Waals surface area contributed by atoms with Crippen LogP contribution >= 0.6 is 0 Å². The van der Waals surface area contributed by atoms with Gasteiger partial charge < -0.3 is 23.9 Å². The minimum Gasteiger partial charge on any atom is -0.493 e.